The molecule has 3 aromatic carbocycles. The number of anilines is 2. The van der Waals surface area contributed by atoms with E-state index in [1.54, 1.807) is 66.7 Å². The number of benzene rings is 3. The van der Waals surface area contributed by atoms with E-state index in [4.69, 9.17) is 11.6 Å². The van der Waals surface area contributed by atoms with Crippen LogP contribution in [0.4, 0.5) is 11.5 Å². The highest BCUT2D eigenvalue weighted by atomic mass is 35.5. The van der Waals surface area contributed by atoms with Crippen molar-refractivity contribution >= 4 is 58.7 Å². The number of hydrogen-bond donors (Lipinski definition) is 3. The van der Waals surface area contributed by atoms with Gasteiger partial charge in [0.25, 0.3) is 11.8 Å². The van der Waals surface area contributed by atoms with Crippen molar-refractivity contribution in [2.75, 3.05) is 16.4 Å². The Morgan fingerprint density at radius 1 is 0.872 bits per heavy atom. The Hall–Kier alpha value is -4.40. The number of carbonyl (C=O) groups excluding carboxylic acids is 3. The van der Waals surface area contributed by atoms with Gasteiger partial charge in [0.05, 0.1) is 10.8 Å². The molecule has 0 spiro atoms. The molecular weight excluding hydrogens is 532 g/mol. The summed E-state index contributed by atoms with van der Waals surface area (Å²) >= 11 is 7.16. The lowest BCUT2D eigenvalue weighted by molar-refractivity contribution is -0.114. The maximum atomic E-state index is 13.2. The Morgan fingerprint density at radius 2 is 1.59 bits per heavy atom. The van der Waals surface area contributed by atoms with Gasteiger partial charge in [-0.3, -0.25) is 14.4 Å². The van der Waals surface area contributed by atoms with Crippen molar-refractivity contribution in [1.29, 1.82) is 0 Å². The quantitative estimate of drug-likeness (QED) is 0.169. The van der Waals surface area contributed by atoms with Crippen LogP contribution in [0.1, 0.15) is 21.5 Å². The van der Waals surface area contributed by atoms with Gasteiger partial charge in [0.2, 0.25) is 5.91 Å². The summed E-state index contributed by atoms with van der Waals surface area (Å²) in [6.45, 7) is 1.98. The van der Waals surface area contributed by atoms with Gasteiger partial charge >= 0.3 is 0 Å². The summed E-state index contributed by atoms with van der Waals surface area (Å²) in [5.74, 6) is -0.437. The lowest BCUT2D eigenvalue weighted by Gasteiger charge is -2.12. The van der Waals surface area contributed by atoms with Gasteiger partial charge in [-0.25, -0.2) is 4.98 Å². The van der Waals surface area contributed by atoms with E-state index < -0.39 is 5.91 Å². The molecule has 0 radical (unpaired) electrons. The number of aromatic nitrogens is 1. The van der Waals surface area contributed by atoms with E-state index in [1.165, 1.54) is 18.0 Å². The largest absolute Gasteiger partial charge is 0.321 e. The second kappa shape index (κ2) is 13.4. The predicted molar refractivity (Wildman–Crippen MR) is 157 cm³/mol. The zero-order chi connectivity index (χ0) is 27.6. The zero-order valence-corrected chi connectivity index (χ0v) is 22.6. The van der Waals surface area contributed by atoms with Crippen LogP contribution >= 0.6 is 23.4 Å². The normalized spacial score (nSPS) is 11.0. The first-order valence-electron chi connectivity index (χ1n) is 12.0. The number of halogens is 1. The van der Waals surface area contributed by atoms with E-state index in [0.717, 1.165) is 16.0 Å². The number of nitrogens with one attached hydrogen (secondary N) is 3. The number of thioether (sulfide) groups is 1. The molecule has 1 heterocycles. The van der Waals surface area contributed by atoms with E-state index in [9.17, 15) is 14.4 Å². The van der Waals surface area contributed by atoms with Crippen LogP contribution in [0.5, 0.6) is 0 Å². The minimum absolute atomic E-state index is 0.110. The minimum atomic E-state index is -0.463. The summed E-state index contributed by atoms with van der Waals surface area (Å²) in [5, 5.41) is 8.77. The molecular formula is C30H25ClN4O3S. The average Bonchev–Trinajstić information content (AvgIpc) is 2.95. The Kier molecular flexibility index (Phi) is 9.50. The molecule has 0 unspecified atom stereocenters. The fraction of sp³-hybridized carbons (Fsp3) is 0.0667. The van der Waals surface area contributed by atoms with Gasteiger partial charge in [-0.15, -0.1) is 11.8 Å². The number of pyridine rings is 1. The van der Waals surface area contributed by atoms with Crippen LogP contribution in [0.3, 0.4) is 0 Å². The predicted octanol–water partition coefficient (Wildman–Crippen LogP) is 6.18. The summed E-state index contributed by atoms with van der Waals surface area (Å²) < 4.78 is 0. The third-order valence-electron chi connectivity index (χ3n) is 5.39. The van der Waals surface area contributed by atoms with Crippen LogP contribution in [0.25, 0.3) is 6.08 Å². The van der Waals surface area contributed by atoms with E-state index in [-0.39, 0.29) is 23.3 Å². The van der Waals surface area contributed by atoms with Gasteiger partial charge in [-0.05, 0) is 67.1 Å². The number of carbonyl (C=O) groups is 3. The first kappa shape index (κ1) is 27.6. The van der Waals surface area contributed by atoms with Crippen LogP contribution in [-0.2, 0) is 9.59 Å². The molecule has 4 aromatic rings. The lowest BCUT2D eigenvalue weighted by Crippen LogP contribution is -2.30. The lowest BCUT2D eigenvalue weighted by atomic mass is 10.1. The Balaban J connectivity index is 1.39. The highest BCUT2D eigenvalue weighted by Crippen LogP contribution is 2.21. The average molecular weight is 557 g/mol. The first-order chi connectivity index (χ1) is 18.9. The molecule has 0 atom stereocenters. The standard InChI is InChI=1S/C30H25ClN4O3S/c1-20-7-9-21(10-8-20)17-26(34-29(37)22-5-3-2-4-6-22)30(38)33-24-12-14-25(15-13-24)39-19-28(36)35-27-16-11-23(31)18-32-27/h2-18H,19H2,1H3,(H,33,38)(H,34,37)(H,32,35,36)/b26-17-. The van der Waals surface area contributed by atoms with Crippen LogP contribution in [0.15, 0.2) is 108 Å². The number of hydrogen-bond acceptors (Lipinski definition) is 5. The highest BCUT2D eigenvalue weighted by molar-refractivity contribution is 8.00. The molecule has 0 aliphatic carbocycles. The molecule has 1 aromatic heterocycles. The molecule has 196 valence electrons. The molecule has 0 saturated carbocycles. The molecule has 0 aliphatic heterocycles. The molecule has 39 heavy (non-hydrogen) atoms. The second-order valence-electron chi connectivity index (χ2n) is 8.47. The minimum Gasteiger partial charge on any atom is -0.321 e. The maximum absolute atomic E-state index is 13.2. The number of amides is 3. The van der Waals surface area contributed by atoms with E-state index in [0.29, 0.717) is 22.1 Å². The first-order valence-corrected chi connectivity index (χ1v) is 13.3. The Bertz CT molecular complexity index is 1470. The summed E-state index contributed by atoms with van der Waals surface area (Å²) in [7, 11) is 0. The zero-order valence-electron chi connectivity index (χ0n) is 21.0. The molecule has 7 nitrogen and oxygen atoms in total. The third kappa shape index (κ3) is 8.56. The van der Waals surface area contributed by atoms with Crippen molar-refractivity contribution in [3.63, 3.8) is 0 Å². The Morgan fingerprint density at radius 3 is 2.26 bits per heavy atom. The van der Waals surface area contributed by atoms with Gasteiger partial charge in [-0.1, -0.05) is 59.6 Å². The second-order valence-corrected chi connectivity index (χ2v) is 9.95. The fourth-order valence-electron chi connectivity index (χ4n) is 3.38. The van der Waals surface area contributed by atoms with E-state index in [1.807, 2.05) is 37.3 Å². The van der Waals surface area contributed by atoms with Crippen LogP contribution in [0, 0.1) is 6.92 Å². The summed E-state index contributed by atoms with van der Waals surface area (Å²) in [6, 6.07) is 26.7. The van der Waals surface area contributed by atoms with Gasteiger partial charge in [0, 0.05) is 22.3 Å². The monoisotopic (exact) mass is 556 g/mol. The third-order valence-corrected chi connectivity index (χ3v) is 6.63. The molecule has 0 saturated heterocycles. The molecule has 3 amide bonds. The number of rotatable bonds is 9. The number of nitrogens with zero attached hydrogens (tertiary/aromatic N) is 1. The smallest absolute Gasteiger partial charge is 0.272 e. The number of aryl methyl sites for hydroxylation is 1. The molecule has 0 aliphatic rings. The van der Waals surface area contributed by atoms with Crippen molar-refractivity contribution in [3.8, 4) is 0 Å². The SMILES string of the molecule is Cc1ccc(/C=C(\NC(=O)c2ccccc2)C(=O)Nc2ccc(SCC(=O)Nc3ccc(Cl)cn3)cc2)cc1. The van der Waals surface area contributed by atoms with Crippen molar-refractivity contribution in [1.82, 2.24) is 10.3 Å². The fourth-order valence-corrected chi connectivity index (χ4v) is 4.19. The topological polar surface area (TPSA) is 100 Å². The molecule has 3 N–H and O–H groups in total. The molecule has 0 bridgehead atoms. The van der Waals surface area contributed by atoms with Crippen molar-refractivity contribution in [3.05, 3.63) is 125 Å². The molecule has 9 heteroatoms. The molecule has 4 rings (SSSR count). The van der Waals surface area contributed by atoms with Crippen LogP contribution in [-0.4, -0.2) is 28.5 Å². The van der Waals surface area contributed by atoms with Crippen LogP contribution in [0.2, 0.25) is 5.02 Å². The van der Waals surface area contributed by atoms with E-state index >= 15 is 0 Å². The van der Waals surface area contributed by atoms with Gasteiger partial charge in [0.15, 0.2) is 0 Å². The van der Waals surface area contributed by atoms with Crippen molar-refractivity contribution in [2.24, 2.45) is 0 Å². The van der Waals surface area contributed by atoms with Gasteiger partial charge < -0.3 is 16.0 Å². The highest BCUT2D eigenvalue weighted by Gasteiger charge is 2.15. The summed E-state index contributed by atoms with van der Waals surface area (Å²) in [4.78, 5) is 43.1. The van der Waals surface area contributed by atoms with Crippen molar-refractivity contribution < 1.29 is 14.4 Å². The Labute approximate surface area is 235 Å². The van der Waals surface area contributed by atoms with E-state index in [2.05, 4.69) is 20.9 Å². The van der Waals surface area contributed by atoms with Crippen LogP contribution < -0.4 is 16.0 Å². The van der Waals surface area contributed by atoms with Gasteiger partial charge in [0.1, 0.15) is 11.5 Å². The summed E-state index contributed by atoms with van der Waals surface area (Å²) in [6.07, 6.45) is 3.10. The molecule has 0 fully saturated rings. The van der Waals surface area contributed by atoms with Gasteiger partial charge in [-0.2, -0.15) is 0 Å². The summed E-state index contributed by atoms with van der Waals surface area (Å²) in [5.41, 5.74) is 2.96. The van der Waals surface area contributed by atoms with Crippen molar-refractivity contribution in [2.45, 2.75) is 11.8 Å². The maximum Gasteiger partial charge on any atom is 0.272 e.